The van der Waals surface area contributed by atoms with E-state index in [1.54, 1.807) is 0 Å². The summed E-state index contributed by atoms with van der Waals surface area (Å²) in [6.07, 6.45) is 10.6. The summed E-state index contributed by atoms with van der Waals surface area (Å²) in [7, 11) is 0. The van der Waals surface area contributed by atoms with Crippen molar-refractivity contribution < 1.29 is 0 Å². The van der Waals surface area contributed by atoms with Crippen LogP contribution in [-0.2, 0) is 13.0 Å². The van der Waals surface area contributed by atoms with E-state index in [1.807, 2.05) is 18.5 Å². The van der Waals surface area contributed by atoms with Crippen LogP contribution in [0.25, 0.3) is 0 Å². The molecule has 2 aromatic heterocycles. The van der Waals surface area contributed by atoms with Gasteiger partial charge in [-0.05, 0) is 60.7 Å². The first-order chi connectivity index (χ1) is 13.3. The molecule has 3 nitrogen and oxygen atoms in total. The van der Waals surface area contributed by atoms with Crippen LogP contribution < -0.4 is 0 Å². The SMILES string of the molecule is Cc1ccccc1Cc1ccc([C@@H]2CCCCN2Cc2cccnc2)cn1. The standard InChI is InChI=1S/C24H27N3/c1-19-7-2-3-9-21(19)15-23-12-11-22(17-26-23)24-10-4-5-14-27(24)18-20-8-6-13-25-16-20/h2-3,6-9,11-13,16-17,24H,4-5,10,14-15,18H2,1H3/t24-/m0/s1. The molecule has 1 aromatic carbocycles. The van der Waals surface area contributed by atoms with Crippen molar-refractivity contribution in [3.63, 3.8) is 0 Å². The highest BCUT2D eigenvalue weighted by atomic mass is 15.2. The third-order valence-electron chi connectivity index (χ3n) is 5.59. The van der Waals surface area contributed by atoms with Crippen molar-refractivity contribution in [1.82, 2.24) is 14.9 Å². The van der Waals surface area contributed by atoms with Gasteiger partial charge in [0.15, 0.2) is 0 Å². The van der Waals surface area contributed by atoms with Crippen LogP contribution >= 0.6 is 0 Å². The molecule has 3 aromatic rings. The molecule has 1 atom stereocenters. The molecular formula is C24H27N3. The van der Waals surface area contributed by atoms with Gasteiger partial charge in [0.05, 0.1) is 0 Å². The Morgan fingerprint density at radius 3 is 2.70 bits per heavy atom. The lowest BCUT2D eigenvalue weighted by Gasteiger charge is -2.36. The average molecular weight is 358 g/mol. The molecule has 1 saturated heterocycles. The summed E-state index contributed by atoms with van der Waals surface area (Å²) in [4.78, 5) is 11.6. The van der Waals surface area contributed by atoms with Gasteiger partial charge in [-0.1, -0.05) is 42.8 Å². The molecule has 0 unspecified atom stereocenters. The fraction of sp³-hybridized carbons (Fsp3) is 0.333. The average Bonchev–Trinajstić information content (AvgIpc) is 2.72. The van der Waals surface area contributed by atoms with E-state index in [0.29, 0.717) is 6.04 Å². The normalized spacial score (nSPS) is 17.7. The topological polar surface area (TPSA) is 29.0 Å². The van der Waals surface area contributed by atoms with Gasteiger partial charge in [-0.15, -0.1) is 0 Å². The number of benzene rings is 1. The number of aromatic nitrogens is 2. The lowest BCUT2D eigenvalue weighted by Crippen LogP contribution is -2.33. The molecule has 1 aliphatic heterocycles. The minimum absolute atomic E-state index is 0.457. The van der Waals surface area contributed by atoms with Gasteiger partial charge in [0, 0.05) is 43.3 Å². The van der Waals surface area contributed by atoms with Gasteiger partial charge in [0.25, 0.3) is 0 Å². The number of nitrogens with zero attached hydrogens (tertiary/aromatic N) is 3. The van der Waals surface area contributed by atoms with E-state index < -0.39 is 0 Å². The Balaban J connectivity index is 1.48. The summed E-state index contributed by atoms with van der Waals surface area (Å²) in [6.45, 7) is 4.27. The predicted molar refractivity (Wildman–Crippen MR) is 109 cm³/mol. The van der Waals surface area contributed by atoms with Crippen LogP contribution in [0.2, 0.25) is 0 Å². The van der Waals surface area contributed by atoms with Crippen molar-refractivity contribution >= 4 is 0 Å². The summed E-state index contributed by atoms with van der Waals surface area (Å²) in [5.74, 6) is 0. The maximum Gasteiger partial charge on any atom is 0.0447 e. The summed E-state index contributed by atoms with van der Waals surface area (Å²) in [5, 5.41) is 0. The zero-order valence-electron chi connectivity index (χ0n) is 16.0. The van der Waals surface area contributed by atoms with Crippen LogP contribution in [0.15, 0.2) is 67.1 Å². The molecule has 0 bridgehead atoms. The number of likely N-dealkylation sites (tertiary alicyclic amines) is 1. The second-order valence-electron chi connectivity index (χ2n) is 7.53. The van der Waals surface area contributed by atoms with Crippen LogP contribution in [0.3, 0.4) is 0 Å². The zero-order valence-corrected chi connectivity index (χ0v) is 16.0. The minimum Gasteiger partial charge on any atom is -0.292 e. The summed E-state index contributed by atoms with van der Waals surface area (Å²) < 4.78 is 0. The van der Waals surface area contributed by atoms with Crippen LogP contribution in [0.1, 0.15) is 53.3 Å². The van der Waals surface area contributed by atoms with Crippen LogP contribution in [0, 0.1) is 6.92 Å². The van der Waals surface area contributed by atoms with E-state index >= 15 is 0 Å². The molecule has 1 fully saturated rings. The highest BCUT2D eigenvalue weighted by Crippen LogP contribution is 2.32. The zero-order chi connectivity index (χ0) is 18.5. The molecule has 0 saturated carbocycles. The summed E-state index contributed by atoms with van der Waals surface area (Å²) >= 11 is 0. The van der Waals surface area contributed by atoms with E-state index in [2.05, 4.69) is 65.5 Å². The van der Waals surface area contributed by atoms with Crippen molar-refractivity contribution in [2.24, 2.45) is 0 Å². The summed E-state index contributed by atoms with van der Waals surface area (Å²) in [6, 6.07) is 17.7. The molecule has 0 aliphatic carbocycles. The van der Waals surface area contributed by atoms with E-state index in [0.717, 1.165) is 25.2 Å². The van der Waals surface area contributed by atoms with Gasteiger partial charge < -0.3 is 0 Å². The minimum atomic E-state index is 0.457. The van der Waals surface area contributed by atoms with Crippen LogP contribution in [-0.4, -0.2) is 21.4 Å². The molecule has 0 N–H and O–H groups in total. The number of rotatable bonds is 5. The smallest absolute Gasteiger partial charge is 0.0447 e. The first-order valence-electron chi connectivity index (χ1n) is 9.92. The Morgan fingerprint density at radius 1 is 1.00 bits per heavy atom. The number of pyridine rings is 2. The van der Waals surface area contributed by atoms with Crippen molar-refractivity contribution in [3.05, 3.63) is 95.1 Å². The molecule has 4 rings (SSSR count). The Hall–Kier alpha value is -2.52. The molecule has 138 valence electrons. The molecule has 27 heavy (non-hydrogen) atoms. The number of hydrogen-bond acceptors (Lipinski definition) is 3. The fourth-order valence-corrected chi connectivity index (χ4v) is 4.03. The Morgan fingerprint density at radius 2 is 1.93 bits per heavy atom. The lowest BCUT2D eigenvalue weighted by atomic mass is 9.95. The van der Waals surface area contributed by atoms with Gasteiger partial charge in [-0.2, -0.15) is 0 Å². The van der Waals surface area contributed by atoms with Gasteiger partial charge >= 0.3 is 0 Å². The van der Waals surface area contributed by atoms with E-state index in [4.69, 9.17) is 4.98 Å². The quantitative estimate of drug-likeness (QED) is 0.636. The van der Waals surface area contributed by atoms with Gasteiger partial charge in [0.1, 0.15) is 0 Å². The molecule has 1 aliphatic rings. The van der Waals surface area contributed by atoms with Crippen LogP contribution in [0.4, 0.5) is 0 Å². The monoisotopic (exact) mass is 357 g/mol. The lowest BCUT2D eigenvalue weighted by molar-refractivity contribution is 0.140. The maximum atomic E-state index is 4.79. The van der Waals surface area contributed by atoms with E-state index in [1.165, 1.54) is 41.5 Å². The molecule has 0 spiro atoms. The van der Waals surface area contributed by atoms with Crippen molar-refractivity contribution in [1.29, 1.82) is 0 Å². The maximum absolute atomic E-state index is 4.79. The highest BCUT2D eigenvalue weighted by molar-refractivity contribution is 5.30. The first-order valence-corrected chi connectivity index (χ1v) is 9.92. The molecule has 0 radical (unpaired) electrons. The Kier molecular flexibility index (Phi) is 5.59. The second-order valence-corrected chi connectivity index (χ2v) is 7.53. The van der Waals surface area contributed by atoms with Crippen molar-refractivity contribution in [3.8, 4) is 0 Å². The van der Waals surface area contributed by atoms with Crippen molar-refractivity contribution in [2.75, 3.05) is 6.54 Å². The predicted octanol–water partition coefficient (Wildman–Crippen LogP) is 5.10. The number of piperidine rings is 1. The Bertz CT molecular complexity index is 858. The fourth-order valence-electron chi connectivity index (χ4n) is 4.03. The van der Waals surface area contributed by atoms with Gasteiger partial charge in [-0.25, -0.2) is 0 Å². The van der Waals surface area contributed by atoms with Crippen LogP contribution in [0.5, 0.6) is 0 Å². The third kappa shape index (κ3) is 4.42. The second kappa shape index (κ2) is 8.45. The summed E-state index contributed by atoms with van der Waals surface area (Å²) in [5.41, 5.74) is 6.45. The number of hydrogen-bond donors (Lipinski definition) is 0. The molecule has 3 heterocycles. The van der Waals surface area contributed by atoms with E-state index in [-0.39, 0.29) is 0 Å². The van der Waals surface area contributed by atoms with Crippen molar-refractivity contribution in [2.45, 2.75) is 45.2 Å². The largest absolute Gasteiger partial charge is 0.292 e. The Labute approximate surface area is 162 Å². The van der Waals surface area contributed by atoms with Gasteiger partial charge in [0.2, 0.25) is 0 Å². The molecular weight excluding hydrogens is 330 g/mol. The first kappa shape index (κ1) is 17.9. The molecule has 3 heteroatoms. The third-order valence-corrected chi connectivity index (χ3v) is 5.59. The number of aryl methyl sites for hydroxylation is 1. The highest BCUT2D eigenvalue weighted by Gasteiger charge is 2.24. The van der Waals surface area contributed by atoms with Gasteiger partial charge in [-0.3, -0.25) is 14.9 Å². The van der Waals surface area contributed by atoms with E-state index in [9.17, 15) is 0 Å². The molecule has 0 amide bonds.